The lowest BCUT2D eigenvalue weighted by atomic mass is 10.1. The summed E-state index contributed by atoms with van der Waals surface area (Å²) in [6, 6.07) is 22.1. The van der Waals surface area contributed by atoms with Gasteiger partial charge in [0.1, 0.15) is 0 Å². The molecule has 8 heteroatoms. The first-order valence-corrected chi connectivity index (χ1v) is 13.0. The van der Waals surface area contributed by atoms with Gasteiger partial charge in [0.05, 0.1) is 17.4 Å². The molecule has 2 aliphatic rings. The summed E-state index contributed by atoms with van der Waals surface area (Å²) in [7, 11) is -3.63. The van der Waals surface area contributed by atoms with E-state index in [4.69, 9.17) is 0 Å². The molecular weight excluding hydrogens is 450 g/mol. The number of hydrogen-bond acceptors (Lipinski definition) is 5. The molecule has 0 aromatic heterocycles. The fourth-order valence-electron chi connectivity index (χ4n) is 4.80. The summed E-state index contributed by atoms with van der Waals surface area (Å²) >= 11 is 0. The molecule has 7 nitrogen and oxygen atoms in total. The number of likely N-dealkylation sites (tertiary alicyclic amines) is 1. The molecule has 3 aromatic rings. The van der Waals surface area contributed by atoms with E-state index in [-0.39, 0.29) is 36.2 Å². The van der Waals surface area contributed by atoms with Crippen molar-refractivity contribution in [3.63, 3.8) is 0 Å². The van der Waals surface area contributed by atoms with E-state index in [0.717, 1.165) is 16.3 Å². The number of piperazine rings is 1. The highest BCUT2D eigenvalue weighted by Gasteiger charge is 2.43. The largest absolute Gasteiger partial charge is 0.289 e. The zero-order chi connectivity index (χ0) is 23.7. The van der Waals surface area contributed by atoms with E-state index >= 15 is 0 Å². The standard InChI is InChI=1S/C26H27N3O4S/c30-25-19-24(26(31)29(25)13-12-20-6-2-1-3-7-20)27-14-16-28(17-15-27)34(32,33)23-11-10-21-8-4-5-9-22(21)18-23/h1-11,18,24H,12-17,19H2/t24-/m0/s1. The van der Waals surface area contributed by atoms with Gasteiger partial charge >= 0.3 is 0 Å². The molecule has 2 fully saturated rings. The number of carbonyl (C=O) groups excluding carboxylic acids is 2. The molecule has 0 aliphatic carbocycles. The highest BCUT2D eigenvalue weighted by molar-refractivity contribution is 7.89. The van der Waals surface area contributed by atoms with Gasteiger partial charge in [0.25, 0.3) is 0 Å². The number of amides is 2. The fourth-order valence-corrected chi connectivity index (χ4v) is 6.26. The normalized spacial score (nSPS) is 20.4. The van der Waals surface area contributed by atoms with Gasteiger partial charge in [0.15, 0.2) is 0 Å². The average Bonchev–Trinajstić information content (AvgIpc) is 3.16. The quantitative estimate of drug-likeness (QED) is 0.510. The van der Waals surface area contributed by atoms with E-state index in [1.807, 2.05) is 65.6 Å². The molecule has 1 atom stereocenters. The third-order valence-electron chi connectivity index (χ3n) is 6.76. The van der Waals surface area contributed by atoms with Gasteiger partial charge in [-0.05, 0) is 34.9 Å². The molecule has 0 N–H and O–H groups in total. The Morgan fingerprint density at radius 2 is 1.47 bits per heavy atom. The third kappa shape index (κ3) is 4.36. The molecule has 5 rings (SSSR count). The van der Waals surface area contributed by atoms with Crippen molar-refractivity contribution in [2.75, 3.05) is 32.7 Å². The topological polar surface area (TPSA) is 78.0 Å². The Kier molecular flexibility index (Phi) is 6.20. The van der Waals surface area contributed by atoms with E-state index in [9.17, 15) is 18.0 Å². The van der Waals surface area contributed by atoms with Crippen LogP contribution in [0, 0.1) is 0 Å². The SMILES string of the molecule is O=C1C[C@H](N2CCN(S(=O)(=O)c3ccc4ccccc4c3)CC2)C(=O)N1CCc1ccccc1. The summed E-state index contributed by atoms with van der Waals surface area (Å²) in [6.45, 7) is 1.79. The van der Waals surface area contributed by atoms with E-state index in [1.165, 1.54) is 9.21 Å². The number of fused-ring (bicyclic) bond motifs is 1. The minimum absolute atomic E-state index is 0.155. The minimum Gasteiger partial charge on any atom is -0.289 e. The number of sulfonamides is 1. The first kappa shape index (κ1) is 22.7. The number of imide groups is 1. The van der Waals surface area contributed by atoms with Gasteiger partial charge < -0.3 is 0 Å². The summed E-state index contributed by atoms with van der Waals surface area (Å²) in [5, 5.41) is 1.88. The fraction of sp³-hybridized carbons (Fsp3) is 0.308. The lowest BCUT2D eigenvalue weighted by Gasteiger charge is -2.36. The van der Waals surface area contributed by atoms with Crippen molar-refractivity contribution in [1.29, 1.82) is 0 Å². The van der Waals surface area contributed by atoms with Gasteiger partial charge in [-0.1, -0.05) is 60.7 Å². The molecule has 0 bridgehead atoms. The molecular formula is C26H27N3O4S. The molecule has 2 amide bonds. The van der Waals surface area contributed by atoms with Crippen molar-refractivity contribution in [2.24, 2.45) is 0 Å². The lowest BCUT2D eigenvalue weighted by molar-refractivity contribution is -0.139. The second kappa shape index (κ2) is 9.29. The van der Waals surface area contributed by atoms with Crippen molar-refractivity contribution in [2.45, 2.75) is 23.8 Å². The van der Waals surface area contributed by atoms with E-state index in [2.05, 4.69) is 0 Å². The number of rotatable bonds is 6. The van der Waals surface area contributed by atoms with Gasteiger partial charge in [-0.3, -0.25) is 19.4 Å². The van der Waals surface area contributed by atoms with Crippen molar-refractivity contribution < 1.29 is 18.0 Å². The van der Waals surface area contributed by atoms with Crippen LogP contribution in [-0.2, 0) is 26.0 Å². The van der Waals surface area contributed by atoms with Crippen molar-refractivity contribution in [1.82, 2.24) is 14.1 Å². The van der Waals surface area contributed by atoms with Crippen LogP contribution in [0.1, 0.15) is 12.0 Å². The van der Waals surface area contributed by atoms with Gasteiger partial charge in [-0.15, -0.1) is 0 Å². The Morgan fingerprint density at radius 1 is 0.794 bits per heavy atom. The van der Waals surface area contributed by atoms with Gasteiger partial charge in [-0.25, -0.2) is 8.42 Å². The predicted octanol–water partition coefficient (Wildman–Crippen LogP) is 2.52. The Bertz CT molecular complexity index is 1320. The number of benzene rings is 3. The highest BCUT2D eigenvalue weighted by Crippen LogP contribution is 2.25. The van der Waals surface area contributed by atoms with Crippen LogP contribution in [0.4, 0.5) is 0 Å². The maximum absolute atomic E-state index is 13.2. The Morgan fingerprint density at radius 3 is 2.21 bits per heavy atom. The van der Waals surface area contributed by atoms with Crippen molar-refractivity contribution in [3.05, 3.63) is 78.4 Å². The molecule has 2 saturated heterocycles. The summed E-state index contributed by atoms with van der Waals surface area (Å²) in [5.74, 6) is -0.330. The van der Waals surface area contributed by atoms with Crippen molar-refractivity contribution >= 4 is 32.6 Å². The van der Waals surface area contributed by atoms with Crippen LogP contribution in [0.25, 0.3) is 10.8 Å². The summed E-state index contributed by atoms with van der Waals surface area (Å²) in [6.07, 6.45) is 0.786. The van der Waals surface area contributed by atoms with E-state index in [0.29, 0.717) is 26.1 Å². The highest BCUT2D eigenvalue weighted by atomic mass is 32.2. The zero-order valence-corrected chi connectivity index (χ0v) is 19.7. The second-order valence-corrected chi connectivity index (χ2v) is 10.7. The van der Waals surface area contributed by atoms with Gasteiger partial charge in [-0.2, -0.15) is 4.31 Å². The number of carbonyl (C=O) groups is 2. The summed E-state index contributed by atoms with van der Waals surface area (Å²) in [5.41, 5.74) is 1.08. The summed E-state index contributed by atoms with van der Waals surface area (Å²) < 4.78 is 27.9. The molecule has 2 heterocycles. The monoisotopic (exact) mass is 477 g/mol. The predicted molar refractivity (Wildman–Crippen MR) is 130 cm³/mol. The van der Waals surface area contributed by atoms with Gasteiger partial charge in [0.2, 0.25) is 21.8 Å². The van der Waals surface area contributed by atoms with Crippen LogP contribution in [0.15, 0.2) is 77.7 Å². The van der Waals surface area contributed by atoms with E-state index in [1.54, 1.807) is 12.1 Å². The first-order chi connectivity index (χ1) is 16.4. The maximum Gasteiger partial charge on any atom is 0.247 e. The Balaban J connectivity index is 1.22. The Hall–Kier alpha value is -3.07. The molecule has 34 heavy (non-hydrogen) atoms. The van der Waals surface area contributed by atoms with Crippen LogP contribution in [-0.4, -0.2) is 73.1 Å². The van der Waals surface area contributed by atoms with Crippen LogP contribution in [0.2, 0.25) is 0 Å². The lowest BCUT2D eigenvalue weighted by Crippen LogP contribution is -2.53. The first-order valence-electron chi connectivity index (χ1n) is 11.5. The Labute approximate surface area is 199 Å². The number of nitrogens with zero attached hydrogens (tertiary/aromatic N) is 3. The van der Waals surface area contributed by atoms with E-state index < -0.39 is 16.1 Å². The molecule has 176 valence electrons. The summed E-state index contributed by atoms with van der Waals surface area (Å²) in [4.78, 5) is 29.1. The second-order valence-electron chi connectivity index (χ2n) is 8.79. The molecule has 0 spiro atoms. The third-order valence-corrected chi connectivity index (χ3v) is 8.65. The van der Waals surface area contributed by atoms with Crippen molar-refractivity contribution in [3.8, 4) is 0 Å². The van der Waals surface area contributed by atoms with Crippen LogP contribution < -0.4 is 0 Å². The van der Waals surface area contributed by atoms with Gasteiger partial charge in [0, 0.05) is 32.7 Å². The minimum atomic E-state index is -3.63. The zero-order valence-electron chi connectivity index (χ0n) is 18.8. The number of hydrogen-bond donors (Lipinski definition) is 0. The van der Waals surface area contributed by atoms with Crippen LogP contribution >= 0.6 is 0 Å². The molecule has 0 unspecified atom stereocenters. The molecule has 2 aliphatic heterocycles. The maximum atomic E-state index is 13.2. The van der Waals surface area contributed by atoms with Crippen LogP contribution in [0.5, 0.6) is 0 Å². The van der Waals surface area contributed by atoms with Crippen LogP contribution in [0.3, 0.4) is 0 Å². The molecule has 3 aromatic carbocycles. The molecule has 0 saturated carbocycles. The molecule has 0 radical (unpaired) electrons. The average molecular weight is 478 g/mol. The smallest absolute Gasteiger partial charge is 0.247 e.